The van der Waals surface area contributed by atoms with Crippen LogP contribution in [-0.4, -0.2) is 43.7 Å². The zero-order valence-electron chi connectivity index (χ0n) is 22.9. The van der Waals surface area contributed by atoms with Gasteiger partial charge in [0, 0.05) is 58.9 Å². The number of thiophene rings is 1. The summed E-state index contributed by atoms with van der Waals surface area (Å²) in [6.45, 7) is 2.72. The van der Waals surface area contributed by atoms with Crippen molar-refractivity contribution in [2.24, 2.45) is 5.73 Å². The Kier molecular flexibility index (Phi) is 7.71. The molecule has 1 fully saturated rings. The molecule has 4 heterocycles. The van der Waals surface area contributed by atoms with E-state index in [1.165, 1.54) is 19.1 Å². The van der Waals surface area contributed by atoms with Crippen molar-refractivity contribution in [2.75, 3.05) is 37.0 Å². The molecule has 0 unspecified atom stereocenters. The summed E-state index contributed by atoms with van der Waals surface area (Å²) in [5, 5.41) is 5.08. The topological polar surface area (TPSA) is 107 Å². The first-order valence-electron chi connectivity index (χ1n) is 13.9. The second-order valence-corrected chi connectivity index (χ2v) is 11.1. The molecule has 41 heavy (non-hydrogen) atoms. The number of benzene rings is 2. The molecule has 0 spiro atoms. The Morgan fingerprint density at radius 2 is 1.83 bits per heavy atom. The van der Waals surface area contributed by atoms with Gasteiger partial charge in [-0.1, -0.05) is 12.1 Å². The maximum absolute atomic E-state index is 13.9. The van der Waals surface area contributed by atoms with Crippen LogP contribution in [0.5, 0.6) is 5.75 Å². The van der Waals surface area contributed by atoms with Crippen LogP contribution in [0.4, 0.5) is 11.5 Å². The van der Waals surface area contributed by atoms with E-state index in [0.29, 0.717) is 41.3 Å². The van der Waals surface area contributed by atoms with Gasteiger partial charge in [0.2, 0.25) is 0 Å². The van der Waals surface area contributed by atoms with Crippen molar-refractivity contribution in [3.05, 3.63) is 82.4 Å². The molecule has 2 aliphatic heterocycles. The second kappa shape index (κ2) is 11.7. The van der Waals surface area contributed by atoms with Gasteiger partial charge in [0.1, 0.15) is 11.6 Å². The highest BCUT2D eigenvalue weighted by Crippen LogP contribution is 2.43. The average Bonchev–Trinajstić information content (AvgIpc) is 3.42. The van der Waals surface area contributed by atoms with E-state index < -0.39 is 5.97 Å². The maximum Gasteiger partial charge on any atom is 0.357 e. The number of piperidine rings is 1. The van der Waals surface area contributed by atoms with Gasteiger partial charge in [0.25, 0.3) is 5.91 Å². The fourth-order valence-corrected chi connectivity index (χ4v) is 6.44. The number of nitrogens with zero attached hydrogens (tertiary/aromatic N) is 2. The molecule has 8 nitrogen and oxygen atoms in total. The van der Waals surface area contributed by atoms with Crippen molar-refractivity contribution in [2.45, 2.75) is 32.2 Å². The molecule has 0 atom stereocenters. The number of carbonyl (C=O) groups is 2. The van der Waals surface area contributed by atoms with Crippen molar-refractivity contribution in [3.63, 3.8) is 0 Å². The van der Waals surface area contributed by atoms with E-state index in [1.54, 1.807) is 11.3 Å². The number of methoxy groups -OCH3 is 1. The maximum atomic E-state index is 13.9. The first kappa shape index (κ1) is 27.0. The van der Waals surface area contributed by atoms with E-state index in [-0.39, 0.29) is 11.6 Å². The van der Waals surface area contributed by atoms with Gasteiger partial charge >= 0.3 is 5.97 Å². The number of amides is 1. The summed E-state index contributed by atoms with van der Waals surface area (Å²) in [5.74, 6) is 0.538. The van der Waals surface area contributed by atoms with Crippen molar-refractivity contribution in [3.8, 4) is 27.3 Å². The molecule has 0 radical (unpaired) electrons. The van der Waals surface area contributed by atoms with E-state index in [4.69, 9.17) is 20.2 Å². The predicted octanol–water partition coefficient (Wildman–Crippen LogP) is 5.90. The van der Waals surface area contributed by atoms with Crippen LogP contribution in [0, 0.1) is 0 Å². The third kappa shape index (κ3) is 5.42. The molecular weight excluding hydrogens is 536 g/mol. The molecule has 2 aromatic heterocycles. The molecule has 1 saturated heterocycles. The van der Waals surface area contributed by atoms with E-state index in [9.17, 15) is 9.59 Å². The van der Waals surface area contributed by atoms with Crippen LogP contribution in [0.1, 0.15) is 51.2 Å². The number of fused-ring (bicyclic) bond motifs is 3. The van der Waals surface area contributed by atoms with Crippen molar-refractivity contribution < 1.29 is 19.1 Å². The number of hydrogen-bond acceptors (Lipinski definition) is 8. The molecule has 6 rings (SSSR count). The number of hydrogen-bond donors (Lipinski definition) is 2. The van der Waals surface area contributed by atoms with Gasteiger partial charge in [-0.3, -0.25) is 4.79 Å². The SMILES string of the molecule is COC(=O)c1nc(N2CCCCC2)ccc1-c1cc2c(cc1C(=O)Nc1ccc(CN)cc1)-c1sccc1CCO2. The minimum absolute atomic E-state index is 0.169. The molecule has 0 aliphatic carbocycles. The second-order valence-electron chi connectivity index (χ2n) is 10.2. The molecule has 1 amide bonds. The zero-order chi connectivity index (χ0) is 28.3. The average molecular weight is 569 g/mol. The summed E-state index contributed by atoms with van der Waals surface area (Å²) in [7, 11) is 1.35. The standard InChI is InChI=1S/C32H32N4O4S/c1-39-32(38)29-23(9-10-28(35-29)36-13-3-2-4-14-36)24-18-27-26(30-21(11-15-40-27)12-16-41-30)17-25(24)31(37)34-22-7-5-20(19-33)6-8-22/h5-10,12,16-18H,2-4,11,13-15,19,33H2,1H3,(H,34,37). The zero-order valence-corrected chi connectivity index (χ0v) is 23.8. The lowest BCUT2D eigenvalue weighted by molar-refractivity contribution is 0.0595. The lowest BCUT2D eigenvalue weighted by Gasteiger charge is -2.28. The van der Waals surface area contributed by atoms with Crippen molar-refractivity contribution >= 4 is 34.7 Å². The summed E-state index contributed by atoms with van der Waals surface area (Å²) in [6.07, 6.45) is 4.13. The minimum atomic E-state index is -0.556. The van der Waals surface area contributed by atoms with Crippen LogP contribution >= 0.6 is 11.3 Å². The van der Waals surface area contributed by atoms with E-state index in [1.807, 2.05) is 48.5 Å². The van der Waals surface area contributed by atoms with Gasteiger partial charge in [0.05, 0.1) is 13.7 Å². The smallest absolute Gasteiger partial charge is 0.357 e. The molecule has 9 heteroatoms. The van der Waals surface area contributed by atoms with E-state index in [0.717, 1.165) is 54.2 Å². The summed E-state index contributed by atoms with van der Waals surface area (Å²) in [5.41, 5.74) is 11.1. The van der Waals surface area contributed by atoms with Crippen LogP contribution in [0.3, 0.4) is 0 Å². The molecule has 4 aromatic rings. The van der Waals surface area contributed by atoms with Crippen LogP contribution in [0.2, 0.25) is 0 Å². The van der Waals surface area contributed by atoms with Gasteiger partial charge in [-0.2, -0.15) is 0 Å². The molecule has 0 saturated carbocycles. The lowest BCUT2D eigenvalue weighted by atomic mass is 9.93. The number of esters is 1. The summed E-state index contributed by atoms with van der Waals surface area (Å²) in [4.78, 5) is 35.1. The number of nitrogens with two attached hydrogens (primary N) is 1. The highest BCUT2D eigenvalue weighted by molar-refractivity contribution is 7.13. The van der Waals surface area contributed by atoms with Gasteiger partial charge in [0.15, 0.2) is 5.69 Å². The molecule has 210 valence electrons. The third-order valence-corrected chi connectivity index (χ3v) is 8.65. The van der Waals surface area contributed by atoms with Gasteiger partial charge < -0.3 is 25.4 Å². The van der Waals surface area contributed by atoms with Gasteiger partial charge in [-0.05, 0) is 78.2 Å². The Morgan fingerprint density at radius 3 is 2.59 bits per heavy atom. The molecular formula is C32H32N4O4S. The van der Waals surface area contributed by atoms with Crippen LogP contribution in [-0.2, 0) is 17.7 Å². The largest absolute Gasteiger partial charge is 0.493 e. The van der Waals surface area contributed by atoms with Gasteiger partial charge in [-0.25, -0.2) is 9.78 Å². The Morgan fingerprint density at radius 1 is 1.02 bits per heavy atom. The Hall–Kier alpha value is -4.21. The normalized spacial score (nSPS) is 14.3. The number of nitrogens with one attached hydrogen (secondary N) is 1. The molecule has 2 aromatic carbocycles. The van der Waals surface area contributed by atoms with Crippen molar-refractivity contribution in [1.29, 1.82) is 0 Å². The fourth-order valence-electron chi connectivity index (χ4n) is 5.47. The van der Waals surface area contributed by atoms with E-state index >= 15 is 0 Å². The fraction of sp³-hybridized carbons (Fsp3) is 0.281. The van der Waals surface area contributed by atoms with Gasteiger partial charge in [-0.15, -0.1) is 11.3 Å². The van der Waals surface area contributed by atoms with Crippen LogP contribution < -0.4 is 20.7 Å². The van der Waals surface area contributed by atoms with Crippen LogP contribution in [0.15, 0.2) is 60.0 Å². The Bertz CT molecular complexity index is 1590. The highest BCUT2D eigenvalue weighted by Gasteiger charge is 2.27. The number of aromatic nitrogens is 1. The third-order valence-electron chi connectivity index (χ3n) is 7.66. The number of carbonyl (C=O) groups excluding carboxylic acids is 2. The molecule has 2 aliphatic rings. The summed E-state index contributed by atoms with van der Waals surface area (Å²) >= 11 is 1.63. The highest BCUT2D eigenvalue weighted by atomic mass is 32.1. The molecule has 0 bridgehead atoms. The first-order valence-corrected chi connectivity index (χ1v) is 14.8. The Balaban J connectivity index is 1.49. The number of ether oxygens (including phenoxy) is 2. The molecule has 3 N–H and O–H groups in total. The Labute approximate surface area is 243 Å². The number of anilines is 2. The quantitative estimate of drug-likeness (QED) is 0.279. The number of rotatable bonds is 6. The predicted molar refractivity (Wildman–Crippen MR) is 162 cm³/mol. The van der Waals surface area contributed by atoms with Crippen molar-refractivity contribution in [1.82, 2.24) is 4.98 Å². The first-order chi connectivity index (χ1) is 20.1. The summed E-state index contributed by atoms with van der Waals surface area (Å²) in [6, 6.07) is 17.1. The summed E-state index contributed by atoms with van der Waals surface area (Å²) < 4.78 is 11.4. The lowest BCUT2D eigenvalue weighted by Crippen LogP contribution is -2.30. The number of pyridine rings is 1. The van der Waals surface area contributed by atoms with Crippen LogP contribution in [0.25, 0.3) is 21.6 Å². The van der Waals surface area contributed by atoms with E-state index in [2.05, 4.69) is 21.7 Å². The monoisotopic (exact) mass is 568 g/mol. The minimum Gasteiger partial charge on any atom is -0.493 e.